The fraction of sp³-hybridized carbons (Fsp3) is 0.667. The molecule has 0 radical (unpaired) electrons. The van der Waals surface area contributed by atoms with Gasteiger partial charge in [0.2, 0.25) is 0 Å². The molecule has 0 saturated heterocycles. The molecule has 1 aliphatic carbocycles. The Morgan fingerprint density at radius 3 is 2.67 bits per heavy atom. The average molecular weight is 247 g/mol. The van der Waals surface area contributed by atoms with Crippen molar-refractivity contribution in [1.29, 1.82) is 0 Å². The summed E-state index contributed by atoms with van der Waals surface area (Å²) in [5, 5.41) is 6.79. The van der Waals surface area contributed by atoms with Gasteiger partial charge in [-0.1, -0.05) is 26.3 Å². The third-order valence-corrected chi connectivity index (χ3v) is 3.68. The Balaban J connectivity index is 1.81. The molecular weight excluding hydrogens is 222 g/mol. The van der Waals surface area contributed by atoms with Crippen molar-refractivity contribution in [2.24, 2.45) is 11.8 Å². The van der Waals surface area contributed by atoms with Crippen molar-refractivity contribution in [2.75, 3.05) is 23.7 Å². The summed E-state index contributed by atoms with van der Waals surface area (Å²) < 4.78 is 0. The summed E-state index contributed by atoms with van der Waals surface area (Å²) in [6.07, 6.45) is 5.24. The highest BCUT2D eigenvalue weighted by Gasteiger charge is 2.20. The minimum atomic E-state index is 0.828. The van der Waals surface area contributed by atoms with Crippen LogP contribution in [0.3, 0.4) is 0 Å². The molecule has 1 aliphatic rings. The van der Waals surface area contributed by atoms with Gasteiger partial charge in [-0.05, 0) is 43.2 Å². The third kappa shape index (κ3) is 3.90. The van der Waals surface area contributed by atoms with Crippen LogP contribution in [-0.4, -0.2) is 18.1 Å². The zero-order valence-corrected chi connectivity index (χ0v) is 11.6. The van der Waals surface area contributed by atoms with Crippen LogP contribution in [0, 0.1) is 11.8 Å². The number of pyridine rings is 1. The van der Waals surface area contributed by atoms with Crippen LogP contribution in [0.5, 0.6) is 0 Å². The van der Waals surface area contributed by atoms with E-state index in [9.17, 15) is 0 Å². The van der Waals surface area contributed by atoms with Gasteiger partial charge in [-0.3, -0.25) is 0 Å². The van der Waals surface area contributed by atoms with Gasteiger partial charge in [0.1, 0.15) is 11.6 Å². The lowest BCUT2D eigenvalue weighted by atomic mass is 10.1. The Morgan fingerprint density at radius 2 is 2.00 bits per heavy atom. The highest BCUT2D eigenvalue weighted by molar-refractivity contribution is 5.45. The Labute approximate surface area is 110 Å². The summed E-state index contributed by atoms with van der Waals surface area (Å²) in [5.74, 6) is 3.70. The lowest BCUT2D eigenvalue weighted by Crippen LogP contribution is -2.13. The zero-order valence-electron chi connectivity index (χ0n) is 11.6. The van der Waals surface area contributed by atoms with E-state index in [1.807, 2.05) is 6.07 Å². The van der Waals surface area contributed by atoms with Gasteiger partial charge in [0.05, 0.1) is 0 Å². The van der Waals surface area contributed by atoms with Crippen LogP contribution in [0.4, 0.5) is 11.6 Å². The van der Waals surface area contributed by atoms with Gasteiger partial charge in [-0.25, -0.2) is 4.98 Å². The highest BCUT2D eigenvalue weighted by atomic mass is 15.1. The predicted molar refractivity (Wildman–Crippen MR) is 78.0 cm³/mol. The van der Waals surface area contributed by atoms with E-state index in [0.29, 0.717) is 0 Å². The summed E-state index contributed by atoms with van der Waals surface area (Å²) in [7, 11) is 0. The van der Waals surface area contributed by atoms with Crippen molar-refractivity contribution in [2.45, 2.75) is 39.5 Å². The van der Waals surface area contributed by atoms with Crippen molar-refractivity contribution < 1.29 is 0 Å². The second-order valence-electron chi connectivity index (χ2n) is 5.50. The number of aromatic nitrogens is 1. The number of hydrogen-bond donors (Lipinski definition) is 2. The van der Waals surface area contributed by atoms with Gasteiger partial charge < -0.3 is 10.6 Å². The number of nitrogens with one attached hydrogen (secondary N) is 2. The first-order valence-corrected chi connectivity index (χ1v) is 7.22. The van der Waals surface area contributed by atoms with E-state index in [1.54, 1.807) is 0 Å². The maximum absolute atomic E-state index is 4.57. The van der Waals surface area contributed by atoms with E-state index in [2.05, 4.69) is 41.6 Å². The fourth-order valence-corrected chi connectivity index (χ4v) is 2.64. The maximum Gasteiger partial charge on any atom is 0.128 e. The molecule has 1 saturated carbocycles. The Bertz CT molecular complexity index is 365. The number of rotatable bonds is 6. The number of nitrogens with zero attached hydrogens (tertiary/aromatic N) is 1. The molecule has 1 aromatic rings. The Morgan fingerprint density at radius 1 is 1.22 bits per heavy atom. The van der Waals surface area contributed by atoms with Crippen LogP contribution in [0.2, 0.25) is 0 Å². The van der Waals surface area contributed by atoms with E-state index < -0.39 is 0 Å². The number of hydrogen-bond acceptors (Lipinski definition) is 3. The van der Waals surface area contributed by atoms with E-state index in [1.165, 1.54) is 19.3 Å². The molecule has 0 spiro atoms. The molecular formula is C15H25N3. The van der Waals surface area contributed by atoms with Gasteiger partial charge in [0.25, 0.3) is 0 Å². The third-order valence-electron chi connectivity index (χ3n) is 3.68. The molecule has 2 atom stereocenters. The molecule has 100 valence electrons. The smallest absolute Gasteiger partial charge is 0.128 e. The molecule has 3 nitrogen and oxygen atoms in total. The van der Waals surface area contributed by atoms with Crippen LogP contribution in [0.15, 0.2) is 18.2 Å². The largest absolute Gasteiger partial charge is 0.370 e. The molecule has 1 fully saturated rings. The molecule has 0 aromatic carbocycles. The van der Waals surface area contributed by atoms with Gasteiger partial charge in [-0.2, -0.15) is 0 Å². The van der Waals surface area contributed by atoms with Crippen LogP contribution < -0.4 is 10.6 Å². The molecule has 3 heteroatoms. The molecule has 0 amide bonds. The van der Waals surface area contributed by atoms with Crippen molar-refractivity contribution >= 4 is 11.6 Å². The average Bonchev–Trinajstić information content (AvgIpc) is 2.80. The van der Waals surface area contributed by atoms with Gasteiger partial charge >= 0.3 is 0 Å². The fourth-order valence-electron chi connectivity index (χ4n) is 2.64. The zero-order chi connectivity index (χ0) is 12.8. The highest BCUT2D eigenvalue weighted by Crippen LogP contribution is 2.30. The second kappa shape index (κ2) is 6.62. The minimum Gasteiger partial charge on any atom is -0.370 e. The van der Waals surface area contributed by atoms with Crippen molar-refractivity contribution in [1.82, 2.24) is 4.98 Å². The van der Waals surface area contributed by atoms with E-state index in [0.717, 1.165) is 43.0 Å². The SMILES string of the molecule is CCCNc1cccc(NCC2CCC(C)C2)n1. The lowest BCUT2D eigenvalue weighted by molar-refractivity contribution is 0.536. The lowest BCUT2D eigenvalue weighted by Gasteiger charge is -2.12. The minimum absolute atomic E-state index is 0.828. The van der Waals surface area contributed by atoms with Crippen LogP contribution >= 0.6 is 0 Å². The first-order valence-electron chi connectivity index (χ1n) is 7.22. The summed E-state index contributed by atoms with van der Waals surface area (Å²) in [6, 6.07) is 6.14. The van der Waals surface area contributed by atoms with Gasteiger partial charge in [0, 0.05) is 13.1 Å². The summed E-state index contributed by atoms with van der Waals surface area (Å²) in [5.41, 5.74) is 0. The molecule has 2 rings (SSSR count). The van der Waals surface area contributed by atoms with E-state index >= 15 is 0 Å². The summed E-state index contributed by atoms with van der Waals surface area (Å²) in [4.78, 5) is 4.57. The second-order valence-corrected chi connectivity index (χ2v) is 5.50. The quantitative estimate of drug-likeness (QED) is 0.804. The Hall–Kier alpha value is -1.25. The Kier molecular flexibility index (Phi) is 4.85. The molecule has 18 heavy (non-hydrogen) atoms. The monoisotopic (exact) mass is 247 g/mol. The first-order chi connectivity index (χ1) is 8.78. The molecule has 2 N–H and O–H groups in total. The van der Waals surface area contributed by atoms with Crippen LogP contribution in [0.1, 0.15) is 39.5 Å². The summed E-state index contributed by atoms with van der Waals surface area (Å²) in [6.45, 7) is 6.56. The molecule has 2 unspecified atom stereocenters. The predicted octanol–water partition coefficient (Wildman–Crippen LogP) is 3.75. The molecule has 0 bridgehead atoms. The molecule has 1 aromatic heterocycles. The van der Waals surface area contributed by atoms with Crippen LogP contribution in [0.25, 0.3) is 0 Å². The van der Waals surface area contributed by atoms with Gasteiger partial charge in [0.15, 0.2) is 0 Å². The molecule has 1 heterocycles. The van der Waals surface area contributed by atoms with E-state index in [4.69, 9.17) is 0 Å². The topological polar surface area (TPSA) is 37.0 Å². The van der Waals surface area contributed by atoms with Crippen LogP contribution in [-0.2, 0) is 0 Å². The number of anilines is 2. The maximum atomic E-state index is 4.57. The van der Waals surface area contributed by atoms with Crippen molar-refractivity contribution in [3.05, 3.63) is 18.2 Å². The van der Waals surface area contributed by atoms with Gasteiger partial charge in [-0.15, -0.1) is 0 Å². The van der Waals surface area contributed by atoms with Crippen molar-refractivity contribution in [3.63, 3.8) is 0 Å². The van der Waals surface area contributed by atoms with Crippen molar-refractivity contribution in [3.8, 4) is 0 Å². The molecule has 0 aliphatic heterocycles. The first kappa shape index (κ1) is 13.2. The normalized spacial score (nSPS) is 23.0. The standard InChI is InChI=1S/C15H25N3/c1-3-9-16-14-5-4-6-15(18-14)17-11-13-8-7-12(2)10-13/h4-6,12-13H,3,7-11H2,1-2H3,(H2,16,17,18). The van der Waals surface area contributed by atoms with E-state index in [-0.39, 0.29) is 0 Å². The summed E-state index contributed by atoms with van der Waals surface area (Å²) >= 11 is 0.